The smallest absolute Gasteiger partial charge is 0.220 e. The highest BCUT2D eigenvalue weighted by molar-refractivity contribution is 5.77. The summed E-state index contributed by atoms with van der Waals surface area (Å²) in [5, 5.41) is 7.50. The van der Waals surface area contributed by atoms with E-state index in [1.807, 2.05) is 18.2 Å². The summed E-state index contributed by atoms with van der Waals surface area (Å²) in [7, 11) is 0. The van der Waals surface area contributed by atoms with Gasteiger partial charge in [-0.15, -0.1) is 0 Å². The summed E-state index contributed by atoms with van der Waals surface area (Å²) in [5.74, 6) is 1.11. The summed E-state index contributed by atoms with van der Waals surface area (Å²) in [4.78, 5) is 11.3. The Morgan fingerprint density at radius 1 is 1.32 bits per heavy atom. The van der Waals surface area contributed by atoms with E-state index in [9.17, 15) is 4.79 Å². The molecule has 4 heteroatoms. The maximum Gasteiger partial charge on any atom is 0.220 e. The second-order valence-corrected chi connectivity index (χ2v) is 5.01. The average Bonchev–Trinajstić information content (AvgIpc) is 2.72. The molecule has 1 aromatic carbocycles. The number of benzene rings is 1. The molecular formula is C15H18N2O2. The molecule has 1 unspecified atom stereocenters. The highest BCUT2D eigenvalue weighted by atomic mass is 16.3. The third-order valence-corrected chi connectivity index (χ3v) is 3.58. The first kappa shape index (κ1) is 12.2. The van der Waals surface area contributed by atoms with Gasteiger partial charge < -0.3 is 15.1 Å². The second-order valence-electron chi connectivity index (χ2n) is 5.01. The number of hydrogen-bond donors (Lipinski definition) is 2. The van der Waals surface area contributed by atoms with Crippen molar-refractivity contribution in [2.24, 2.45) is 0 Å². The Labute approximate surface area is 112 Å². The number of fused-ring (bicyclic) bond motifs is 1. The zero-order valence-corrected chi connectivity index (χ0v) is 10.8. The fourth-order valence-electron chi connectivity index (χ4n) is 2.50. The molecule has 1 saturated heterocycles. The molecule has 2 heterocycles. The van der Waals surface area contributed by atoms with Crippen molar-refractivity contribution in [2.45, 2.75) is 31.8 Å². The van der Waals surface area contributed by atoms with Crippen molar-refractivity contribution in [3.63, 3.8) is 0 Å². The lowest BCUT2D eigenvalue weighted by Gasteiger charge is -2.14. The summed E-state index contributed by atoms with van der Waals surface area (Å²) in [5.41, 5.74) is 0.928. The molecule has 2 aromatic rings. The van der Waals surface area contributed by atoms with Gasteiger partial charge in [-0.25, -0.2) is 0 Å². The van der Waals surface area contributed by atoms with Gasteiger partial charge in [0.1, 0.15) is 11.3 Å². The molecule has 1 amide bonds. The van der Waals surface area contributed by atoms with Crippen LogP contribution < -0.4 is 10.6 Å². The van der Waals surface area contributed by atoms with Crippen molar-refractivity contribution < 1.29 is 9.21 Å². The molecule has 1 aromatic heterocycles. The van der Waals surface area contributed by atoms with Gasteiger partial charge >= 0.3 is 0 Å². The summed E-state index contributed by atoms with van der Waals surface area (Å²) >= 11 is 0. The lowest BCUT2D eigenvalue weighted by atomic mass is 10.1. The predicted octanol–water partition coefficient (Wildman–Crippen LogP) is 2.19. The van der Waals surface area contributed by atoms with Gasteiger partial charge in [0.25, 0.3) is 0 Å². The molecule has 1 aliphatic rings. The minimum absolute atomic E-state index is 0.160. The number of carbonyl (C=O) groups is 1. The van der Waals surface area contributed by atoms with Crippen LogP contribution in [-0.4, -0.2) is 18.5 Å². The number of carbonyl (C=O) groups excluding carboxylic acids is 1. The van der Waals surface area contributed by atoms with Crippen LogP contribution in [0.5, 0.6) is 0 Å². The van der Waals surface area contributed by atoms with E-state index < -0.39 is 0 Å². The maximum atomic E-state index is 11.3. The van der Waals surface area contributed by atoms with E-state index in [4.69, 9.17) is 4.42 Å². The third kappa shape index (κ3) is 2.96. The van der Waals surface area contributed by atoms with Crippen LogP contribution in [0.2, 0.25) is 0 Å². The minimum Gasteiger partial charge on any atom is -0.460 e. The standard InChI is InChI=1S/C15H18N2O2/c18-15-6-5-12(7-8-16-15)17-10-13-9-11-3-1-2-4-14(11)19-13/h1-4,9,12,17H,5-8,10H2,(H,16,18). The summed E-state index contributed by atoms with van der Waals surface area (Å²) in [6.45, 7) is 1.48. The minimum atomic E-state index is 0.160. The second kappa shape index (κ2) is 5.45. The number of amides is 1. The zero-order valence-electron chi connectivity index (χ0n) is 10.8. The summed E-state index contributed by atoms with van der Waals surface area (Å²) < 4.78 is 5.77. The van der Waals surface area contributed by atoms with Crippen molar-refractivity contribution in [2.75, 3.05) is 6.54 Å². The number of hydrogen-bond acceptors (Lipinski definition) is 3. The van der Waals surface area contributed by atoms with E-state index in [-0.39, 0.29) is 5.91 Å². The Hall–Kier alpha value is -1.81. The average molecular weight is 258 g/mol. The summed E-state index contributed by atoms with van der Waals surface area (Å²) in [6, 6.07) is 10.5. The van der Waals surface area contributed by atoms with Crippen molar-refractivity contribution in [1.29, 1.82) is 0 Å². The highest BCUT2D eigenvalue weighted by Crippen LogP contribution is 2.19. The number of para-hydroxylation sites is 1. The van der Waals surface area contributed by atoms with Crippen LogP contribution in [0.15, 0.2) is 34.7 Å². The van der Waals surface area contributed by atoms with Crippen LogP contribution >= 0.6 is 0 Å². The number of nitrogens with one attached hydrogen (secondary N) is 2. The Bertz CT molecular complexity index is 543. The third-order valence-electron chi connectivity index (χ3n) is 3.58. The van der Waals surface area contributed by atoms with Gasteiger partial charge in [-0.3, -0.25) is 4.79 Å². The molecular weight excluding hydrogens is 240 g/mol. The van der Waals surface area contributed by atoms with Crippen molar-refractivity contribution in [3.8, 4) is 0 Å². The van der Waals surface area contributed by atoms with Crippen LogP contribution in [0.25, 0.3) is 11.0 Å². The van der Waals surface area contributed by atoms with Crippen molar-refractivity contribution >= 4 is 16.9 Å². The molecule has 4 nitrogen and oxygen atoms in total. The predicted molar refractivity (Wildman–Crippen MR) is 73.7 cm³/mol. The first-order valence-electron chi connectivity index (χ1n) is 6.79. The first-order valence-corrected chi connectivity index (χ1v) is 6.79. The van der Waals surface area contributed by atoms with Crippen molar-refractivity contribution in [3.05, 3.63) is 36.1 Å². The van der Waals surface area contributed by atoms with E-state index in [1.54, 1.807) is 0 Å². The lowest BCUT2D eigenvalue weighted by molar-refractivity contribution is -0.120. The highest BCUT2D eigenvalue weighted by Gasteiger charge is 2.15. The molecule has 19 heavy (non-hydrogen) atoms. The first-order chi connectivity index (χ1) is 9.31. The van der Waals surface area contributed by atoms with Gasteiger partial charge in [-0.1, -0.05) is 18.2 Å². The Morgan fingerprint density at radius 2 is 2.21 bits per heavy atom. The molecule has 3 rings (SSSR count). The van der Waals surface area contributed by atoms with Gasteiger partial charge in [0.05, 0.1) is 6.54 Å². The van der Waals surface area contributed by atoms with Crippen LogP contribution in [0.3, 0.4) is 0 Å². The number of furan rings is 1. The van der Waals surface area contributed by atoms with E-state index in [1.165, 1.54) is 0 Å². The van der Waals surface area contributed by atoms with Gasteiger partial charge in [-0.2, -0.15) is 0 Å². The maximum absolute atomic E-state index is 11.3. The molecule has 1 fully saturated rings. The molecule has 0 spiro atoms. The van der Waals surface area contributed by atoms with Crippen LogP contribution in [0.4, 0.5) is 0 Å². The quantitative estimate of drug-likeness (QED) is 0.887. The van der Waals surface area contributed by atoms with Crippen molar-refractivity contribution in [1.82, 2.24) is 10.6 Å². The van der Waals surface area contributed by atoms with Gasteiger partial charge in [0.2, 0.25) is 5.91 Å². The van der Waals surface area contributed by atoms with Crippen LogP contribution in [0, 0.1) is 0 Å². The fourth-order valence-corrected chi connectivity index (χ4v) is 2.50. The van der Waals surface area contributed by atoms with E-state index >= 15 is 0 Å². The molecule has 2 N–H and O–H groups in total. The molecule has 0 radical (unpaired) electrons. The topological polar surface area (TPSA) is 54.3 Å². The normalized spacial score (nSPS) is 20.2. The zero-order chi connectivity index (χ0) is 13.1. The SMILES string of the molecule is O=C1CCC(NCc2cc3ccccc3o2)CCN1. The molecule has 100 valence electrons. The molecule has 0 saturated carbocycles. The molecule has 0 bridgehead atoms. The monoisotopic (exact) mass is 258 g/mol. The van der Waals surface area contributed by atoms with E-state index in [0.29, 0.717) is 19.0 Å². The van der Waals surface area contributed by atoms with Crippen LogP contribution in [-0.2, 0) is 11.3 Å². The van der Waals surface area contributed by atoms with Gasteiger partial charge in [0, 0.05) is 24.4 Å². The summed E-state index contributed by atoms with van der Waals surface area (Å²) in [6.07, 6.45) is 2.48. The van der Waals surface area contributed by atoms with Gasteiger partial charge in [-0.05, 0) is 25.0 Å². The molecule has 1 atom stereocenters. The lowest BCUT2D eigenvalue weighted by Crippen LogP contribution is -2.29. The van der Waals surface area contributed by atoms with E-state index in [2.05, 4.69) is 22.8 Å². The Kier molecular flexibility index (Phi) is 3.51. The Morgan fingerprint density at radius 3 is 3.11 bits per heavy atom. The van der Waals surface area contributed by atoms with E-state index in [0.717, 1.165) is 36.1 Å². The largest absolute Gasteiger partial charge is 0.460 e. The fraction of sp³-hybridized carbons (Fsp3) is 0.400. The van der Waals surface area contributed by atoms with Gasteiger partial charge in [0.15, 0.2) is 0 Å². The molecule has 0 aliphatic carbocycles. The Balaban J connectivity index is 1.60. The van der Waals surface area contributed by atoms with Crippen LogP contribution in [0.1, 0.15) is 25.0 Å². The molecule has 1 aliphatic heterocycles. The number of rotatable bonds is 3.